The molecule has 33 heavy (non-hydrogen) atoms. The zero-order valence-electron chi connectivity index (χ0n) is 17.9. The first kappa shape index (κ1) is 23.3. The smallest absolute Gasteiger partial charge is 0.417 e. The molecule has 0 amide bonds. The number of rotatable bonds is 7. The Bertz CT molecular complexity index is 1150. The molecule has 0 aliphatic heterocycles. The minimum absolute atomic E-state index is 0.215. The van der Waals surface area contributed by atoms with Gasteiger partial charge in [0.1, 0.15) is 6.61 Å². The molecule has 8 heteroatoms. The van der Waals surface area contributed by atoms with E-state index in [-0.39, 0.29) is 12.7 Å². The highest BCUT2D eigenvalue weighted by atomic mass is 32.2. The number of ether oxygens (including phenoxy) is 1. The third-order valence-corrected chi connectivity index (χ3v) is 6.64. The third kappa shape index (κ3) is 5.57. The maximum Gasteiger partial charge on any atom is 0.417 e. The molecule has 1 aliphatic carbocycles. The van der Waals surface area contributed by atoms with Crippen LogP contribution >= 0.6 is 11.8 Å². The maximum absolute atomic E-state index is 12.7. The van der Waals surface area contributed by atoms with Gasteiger partial charge in [-0.25, -0.2) is 4.79 Å². The first-order chi connectivity index (χ1) is 15.7. The number of carboxylic acids is 1. The van der Waals surface area contributed by atoms with Gasteiger partial charge in [0.15, 0.2) is 0 Å². The van der Waals surface area contributed by atoms with Crippen molar-refractivity contribution in [3.8, 4) is 11.3 Å². The number of nitrogens with zero attached hydrogens (tertiary/aromatic N) is 1. The van der Waals surface area contributed by atoms with Crippen molar-refractivity contribution < 1.29 is 27.8 Å². The number of halogens is 3. The number of pyridine rings is 1. The highest BCUT2D eigenvalue weighted by molar-refractivity contribution is 7.98. The fourth-order valence-electron chi connectivity index (χ4n) is 3.96. The average Bonchev–Trinajstić information content (AvgIpc) is 3.18. The summed E-state index contributed by atoms with van der Waals surface area (Å²) < 4.78 is 43.8. The molecule has 3 aromatic rings. The summed E-state index contributed by atoms with van der Waals surface area (Å²) in [6, 6.07) is 14.2. The Balaban J connectivity index is 1.46. The van der Waals surface area contributed by atoms with E-state index in [1.54, 1.807) is 11.8 Å². The summed E-state index contributed by atoms with van der Waals surface area (Å²) in [6.07, 6.45) is -2.13. The van der Waals surface area contributed by atoms with Gasteiger partial charge in [0.2, 0.25) is 0 Å². The molecule has 4 nitrogen and oxygen atoms in total. The van der Waals surface area contributed by atoms with Crippen LogP contribution in [0.1, 0.15) is 40.3 Å². The Morgan fingerprint density at radius 1 is 1.18 bits per heavy atom. The van der Waals surface area contributed by atoms with Crippen LogP contribution in [0.3, 0.4) is 0 Å². The van der Waals surface area contributed by atoms with Crippen LogP contribution in [-0.4, -0.2) is 22.7 Å². The van der Waals surface area contributed by atoms with E-state index in [1.165, 1.54) is 11.6 Å². The highest BCUT2D eigenvalue weighted by Gasteiger charge is 2.30. The second-order valence-electron chi connectivity index (χ2n) is 7.98. The molecule has 0 saturated carbocycles. The van der Waals surface area contributed by atoms with Crippen molar-refractivity contribution in [2.24, 2.45) is 0 Å². The number of fused-ring (bicyclic) bond motifs is 1. The number of alkyl halides is 3. The first-order valence-corrected chi connectivity index (χ1v) is 11.4. The van der Waals surface area contributed by atoms with E-state index in [2.05, 4.69) is 17.1 Å². The van der Waals surface area contributed by atoms with E-state index >= 15 is 0 Å². The van der Waals surface area contributed by atoms with Gasteiger partial charge in [-0.05, 0) is 60.2 Å². The number of thioether (sulfide) groups is 1. The molecule has 4 rings (SSSR count). The second-order valence-corrected chi connectivity index (χ2v) is 9.00. The van der Waals surface area contributed by atoms with Crippen molar-refractivity contribution >= 4 is 17.7 Å². The monoisotopic (exact) mass is 473 g/mol. The summed E-state index contributed by atoms with van der Waals surface area (Å²) in [5, 5.41) is 8.96. The zero-order chi connectivity index (χ0) is 23.6. The minimum atomic E-state index is -4.40. The second kappa shape index (κ2) is 9.57. The van der Waals surface area contributed by atoms with Gasteiger partial charge in [-0.2, -0.15) is 13.2 Å². The predicted octanol–water partition coefficient (Wildman–Crippen LogP) is 6.46. The molecule has 1 atom stereocenters. The van der Waals surface area contributed by atoms with Gasteiger partial charge in [-0.3, -0.25) is 4.98 Å². The number of benzene rings is 2. The largest absolute Gasteiger partial charge is 0.480 e. The molecule has 1 N–H and O–H groups in total. The Morgan fingerprint density at radius 3 is 2.58 bits per heavy atom. The van der Waals surface area contributed by atoms with E-state index in [0.717, 1.165) is 52.3 Å². The Hall–Kier alpha value is -2.84. The average molecular weight is 474 g/mol. The Kier molecular flexibility index (Phi) is 6.76. The van der Waals surface area contributed by atoms with Crippen LogP contribution < -0.4 is 0 Å². The van der Waals surface area contributed by atoms with Gasteiger partial charge in [-0.15, -0.1) is 11.8 Å². The normalized spacial score (nSPS) is 15.5. The molecule has 1 aliphatic rings. The molecule has 1 unspecified atom stereocenters. The van der Waals surface area contributed by atoms with Gasteiger partial charge >= 0.3 is 12.1 Å². The standard InChI is InChI=1S/C25H22F3NO3S/c1-15-10-18-6-9-21(32-13-23(30)31)24(18)22(11-15)33-14-16-2-4-17(5-3-16)20-8-7-19(12-29-20)25(26,27)28/h2-5,7-8,10-12,21H,6,9,13-14H2,1H3,(H,30,31). The zero-order valence-corrected chi connectivity index (χ0v) is 18.7. The maximum atomic E-state index is 12.7. The van der Waals surface area contributed by atoms with E-state index in [9.17, 15) is 18.0 Å². The van der Waals surface area contributed by atoms with Crippen molar-refractivity contribution in [3.05, 3.63) is 82.5 Å². The van der Waals surface area contributed by atoms with Gasteiger partial charge < -0.3 is 9.84 Å². The number of carboxylic acid groups (broad SMARTS) is 1. The number of carbonyl (C=O) groups is 1. The van der Waals surface area contributed by atoms with Crippen LogP contribution in [0.2, 0.25) is 0 Å². The van der Waals surface area contributed by atoms with Crippen molar-refractivity contribution in [1.82, 2.24) is 4.98 Å². The van der Waals surface area contributed by atoms with E-state index in [0.29, 0.717) is 11.4 Å². The highest BCUT2D eigenvalue weighted by Crippen LogP contribution is 2.42. The molecular formula is C25H22F3NO3S. The molecule has 0 radical (unpaired) electrons. The van der Waals surface area contributed by atoms with Crippen LogP contribution in [-0.2, 0) is 27.9 Å². The quantitative estimate of drug-likeness (QED) is 0.399. The molecule has 0 spiro atoms. The van der Waals surface area contributed by atoms with E-state index < -0.39 is 17.7 Å². The van der Waals surface area contributed by atoms with Crippen molar-refractivity contribution in [1.29, 1.82) is 0 Å². The third-order valence-electron chi connectivity index (χ3n) is 5.51. The summed E-state index contributed by atoms with van der Waals surface area (Å²) in [6.45, 7) is 1.73. The number of aryl methyl sites for hydroxylation is 2. The minimum Gasteiger partial charge on any atom is -0.480 e. The molecule has 0 bridgehead atoms. The van der Waals surface area contributed by atoms with Crippen LogP contribution in [0.15, 0.2) is 59.6 Å². The van der Waals surface area contributed by atoms with Gasteiger partial charge in [-0.1, -0.05) is 30.3 Å². The van der Waals surface area contributed by atoms with Gasteiger partial charge in [0.05, 0.1) is 17.4 Å². The fourth-order valence-corrected chi connectivity index (χ4v) is 5.17. The van der Waals surface area contributed by atoms with Crippen molar-refractivity contribution in [3.63, 3.8) is 0 Å². The summed E-state index contributed by atoms with van der Waals surface area (Å²) in [5.74, 6) is -0.283. The molecule has 1 heterocycles. The fraction of sp³-hybridized carbons (Fsp3) is 0.280. The molecule has 1 aromatic heterocycles. The van der Waals surface area contributed by atoms with Crippen LogP contribution in [0.25, 0.3) is 11.3 Å². The van der Waals surface area contributed by atoms with Crippen molar-refractivity contribution in [2.45, 2.75) is 42.7 Å². The Labute approximate surface area is 193 Å². The van der Waals surface area contributed by atoms with E-state index in [1.807, 2.05) is 31.2 Å². The van der Waals surface area contributed by atoms with Crippen LogP contribution in [0.5, 0.6) is 0 Å². The summed E-state index contributed by atoms with van der Waals surface area (Å²) in [4.78, 5) is 16.0. The summed E-state index contributed by atoms with van der Waals surface area (Å²) in [7, 11) is 0. The first-order valence-electron chi connectivity index (χ1n) is 10.4. The molecule has 0 saturated heterocycles. The van der Waals surface area contributed by atoms with Crippen molar-refractivity contribution in [2.75, 3.05) is 6.61 Å². The number of aromatic nitrogens is 1. The summed E-state index contributed by atoms with van der Waals surface area (Å²) >= 11 is 1.67. The SMILES string of the molecule is Cc1cc2c(c(SCc3ccc(-c4ccc(C(F)(F)F)cn4)cc3)c1)C(OCC(=O)O)CC2. The summed E-state index contributed by atoms with van der Waals surface area (Å²) in [5.41, 5.74) is 4.96. The van der Waals surface area contributed by atoms with Crippen LogP contribution in [0, 0.1) is 6.92 Å². The molecule has 0 fully saturated rings. The number of hydrogen-bond acceptors (Lipinski definition) is 4. The van der Waals surface area contributed by atoms with Gasteiger partial charge in [0, 0.05) is 22.4 Å². The molecular weight excluding hydrogens is 451 g/mol. The van der Waals surface area contributed by atoms with Gasteiger partial charge in [0.25, 0.3) is 0 Å². The topological polar surface area (TPSA) is 59.4 Å². The molecule has 2 aromatic carbocycles. The lowest BCUT2D eigenvalue weighted by Gasteiger charge is -2.17. The molecule has 172 valence electrons. The number of aliphatic carboxylic acids is 1. The number of hydrogen-bond donors (Lipinski definition) is 1. The van der Waals surface area contributed by atoms with E-state index in [4.69, 9.17) is 9.84 Å². The lowest BCUT2D eigenvalue weighted by molar-refractivity contribution is -0.144. The lowest BCUT2D eigenvalue weighted by Crippen LogP contribution is -2.11. The lowest BCUT2D eigenvalue weighted by atomic mass is 10.1. The predicted molar refractivity (Wildman–Crippen MR) is 120 cm³/mol. The van der Waals surface area contributed by atoms with Crippen LogP contribution in [0.4, 0.5) is 13.2 Å². The Morgan fingerprint density at radius 2 is 1.94 bits per heavy atom.